The second-order valence-corrected chi connectivity index (χ2v) is 21.0. The summed E-state index contributed by atoms with van der Waals surface area (Å²) in [4.78, 5) is 23.3. The van der Waals surface area contributed by atoms with Crippen molar-refractivity contribution in [2.24, 2.45) is 0 Å². The fourth-order valence-corrected chi connectivity index (χ4v) is 8.31. The molecule has 388 valence electrons. The molecule has 0 aromatic rings. The molecule has 0 saturated heterocycles. The summed E-state index contributed by atoms with van der Waals surface area (Å²) in [6, 6.07) is -0.861. The van der Waals surface area contributed by atoms with E-state index in [-0.39, 0.29) is 19.1 Å². The largest absolute Gasteiger partial charge is 0.472 e. The first kappa shape index (κ1) is 64.7. The van der Waals surface area contributed by atoms with Crippen molar-refractivity contribution in [3.05, 3.63) is 85.1 Å². The van der Waals surface area contributed by atoms with E-state index in [0.717, 1.165) is 89.9 Å². The Kier molecular flexibility index (Phi) is 47.0. The Labute approximate surface area is 414 Å². The van der Waals surface area contributed by atoms with Crippen LogP contribution in [0.3, 0.4) is 0 Å². The maximum atomic E-state index is 13.0. The van der Waals surface area contributed by atoms with E-state index in [0.29, 0.717) is 17.4 Å². The minimum absolute atomic E-state index is 0.0542. The lowest BCUT2D eigenvalue weighted by Crippen LogP contribution is -2.45. The van der Waals surface area contributed by atoms with Gasteiger partial charge >= 0.3 is 7.82 Å². The molecule has 0 aliphatic rings. The van der Waals surface area contributed by atoms with E-state index in [2.05, 4.69) is 92.1 Å². The molecule has 3 unspecified atom stereocenters. The summed E-state index contributed by atoms with van der Waals surface area (Å²) < 4.78 is 23.7. The summed E-state index contributed by atoms with van der Waals surface area (Å²) in [5, 5.41) is 13.9. The van der Waals surface area contributed by atoms with Gasteiger partial charge in [0.25, 0.3) is 0 Å². The first-order valence-corrected chi connectivity index (χ1v) is 29.0. The summed E-state index contributed by atoms with van der Waals surface area (Å²) in [6.45, 7) is 4.69. The Morgan fingerprint density at radius 1 is 0.522 bits per heavy atom. The smallest absolute Gasteiger partial charge is 0.387 e. The molecule has 0 fully saturated rings. The topological polar surface area (TPSA) is 105 Å². The normalized spacial score (nSPS) is 14.7. The molecule has 8 nitrogen and oxygen atoms in total. The highest BCUT2D eigenvalue weighted by Gasteiger charge is 2.27. The standard InChI is InChI=1S/C58H105N2O6P/c1-6-8-10-12-14-16-18-20-22-24-26-28-29-30-31-32-34-36-38-40-42-44-46-48-50-52-58(62)59-56(55-66-67(63,64)65-54-53-60(3,4)5)57(61)51-49-47-45-43-41-39-37-35-33-27-25-23-21-19-17-15-13-11-9-7-2/h8,10,14,16,20,22,26,28,30-31,34,36,49,51,56-57,61H,6-7,9,11-13,15,17-19,21,23-25,27,29,32-33,35,37-48,50,52-55H2,1-5H3,(H-,59,62,63,64)/p+1/b10-8-,16-14-,22-20-,28-26-,31-30-,36-34-,51-49+. The van der Waals surface area contributed by atoms with Gasteiger partial charge in [-0.15, -0.1) is 0 Å². The molecule has 0 radical (unpaired) electrons. The Morgan fingerprint density at radius 2 is 0.896 bits per heavy atom. The average Bonchev–Trinajstić information content (AvgIpc) is 3.29. The molecule has 0 saturated carbocycles. The van der Waals surface area contributed by atoms with Gasteiger partial charge in [-0.3, -0.25) is 13.8 Å². The molecule has 0 aliphatic heterocycles. The number of quaternary nitrogens is 1. The van der Waals surface area contributed by atoms with Crippen LogP contribution in [0.15, 0.2) is 85.1 Å². The van der Waals surface area contributed by atoms with Gasteiger partial charge in [-0.1, -0.05) is 234 Å². The van der Waals surface area contributed by atoms with E-state index in [1.54, 1.807) is 6.08 Å². The lowest BCUT2D eigenvalue weighted by atomic mass is 10.0. The lowest BCUT2D eigenvalue weighted by Gasteiger charge is -2.25. The van der Waals surface area contributed by atoms with Gasteiger partial charge in [0.2, 0.25) is 5.91 Å². The number of phosphoric ester groups is 1. The van der Waals surface area contributed by atoms with E-state index >= 15 is 0 Å². The Hall–Kier alpha value is -2.32. The molecule has 3 N–H and O–H groups in total. The van der Waals surface area contributed by atoms with Crippen LogP contribution >= 0.6 is 7.82 Å². The van der Waals surface area contributed by atoms with E-state index in [9.17, 15) is 19.4 Å². The van der Waals surface area contributed by atoms with Crippen LogP contribution in [0.2, 0.25) is 0 Å². The number of hydrogen-bond donors (Lipinski definition) is 3. The van der Waals surface area contributed by atoms with Crippen LogP contribution in [-0.2, 0) is 18.4 Å². The molecular formula is C58H106N2O6P+. The number of unbranched alkanes of at least 4 members (excludes halogenated alkanes) is 24. The van der Waals surface area contributed by atoms with Crippen LogP contribution in [0.4, 0.5) is 0 Å². The lowest BCUT2D eigenvalue weighted by molar-refractivity contribution is -0.870. The number of carbonyl (C=O) groups excluding carboxylic acids is 1. The molecule has 67 heavy (non-hydrogen) atoms. The van der Waals surface area contributed by atoms with Crippen molar-refractivity contribution in [1.29, 1.82) is 0 Å². The first-order chi connectivity index (χ1) is 32.5. The third kappa shape index (κ3) is 51.4. The van der Waals surface area contributed by atoms with E-state index < -0.39 is 20.0 Å². The number of rotatable bonds is 49. The maximum absolute atomic E-state index is 13.0. The number of nitrogens with zero attached hydrogens (tertiary/aromatic N) is 1. The zero-order chi connectivity index (χ0) is 49.2. The van der Waals surface area contributed by atoms with E-state index in [1.807, 2.05) is 27.2 Å². The second kappa shape index (κ2) is 48.7. The zero-order valence-corrected chi connectivity index (χ0v) is 45.0. The minimum Gasteiger partial charge on any atom is -0.387 e. The van der Waals surface area contributed by atoms with Gasteiger partial charge in [0, 0.05) is 6.42 Å². The van der Waals surface area contributed by atoms with Gasteiger partial charge in [-0.25, -0.2) is 4.57 Å². The van der Waals surface area contributed by atoms with Gasteiger partial charge in [-0.2, -0.15) is 0 Å². The molecule has 0 aromatic carbocycles. The summed E-state index contributed by atoms with van der Waals surface area (Å²) in [6.07, 6.45) is 68.1. The maximum Gasteiger partial charge on any atom is 0.472 e. The summed E-state index contributed by atoms with van der Waals surface area (Å²) >= 11 is 0. The fraction of sp³-hybridized carbons (Fsp3) is 0.741. The van der Waals surface area contributed by atoms with Crippen molar-refractivity contribution >= 4 is 13.7 Å². The molecule has 9 heteroatoms. The molecule has 0 spiro atoms. The predicted octanol–water partition coefficient (Wildman–Crippen LogP) is 16.5. The molecule has 3 atom stereocenters. The van der Waals surface area contributed by atoms with Crippen molar-refractivity contribution < 1.29 is 32.9 Å². The quantitative estimate of drug-likeness (QED) is 0.0243. The third-order valence-corrected chi connectivity index (χ3v) is 12.9. The van der Waals surface area contributed by atoms with Gasteiger partial charge in [0.15, 0.2) is 0 Å². The first-order valence-electron chi connectivity index (χ1n) is 27.5. The van der Waals surface area contributed by atoms with Crippen LogP contribution in [0.5, 0.6) is 0 Å². The average molecular weight is 958 g/mol. The highest BCUT2D eigenvalue weighted by molar-refractivity contribution is 7.47. The van der Waals surface area contributed by atoms with Crippen molar-refractivity contribution in [3.63, 3.8) is 0 Å². The Bertz CT molecular complexity index is 1360. The zero-order valence-electron chi connectivity index (χ0n) is 44.1. The van der Waals surface area contributed by atoms with Crippen LogP contribution in [0.1, 0.15) is 226 Å². The Balaban J connectivity index is 4.33. The van der Waals surface area contributed by atoms with Crippen LogP contribution < -0.4 is 5.32 Å². The summed E-state index contributed by atoms with van der Waals surface area (Å²) in [5.74, 6) is -0.194. The molecular weight excluding hydrogens is 852 g/mol. The molecule has 0 bridgehead atoms. The number of allylic oxidation sites excluding steroid dienone is 13. The van der Waals surface area contributed by atoms with Gasteiger partial charge in [-0.05, 0) is 70.6 Å². The minimum atomic E-state index is -4.36. The SMILES string of the molecule is CC/C=C\C/C=C\C/C=C\C/C=C\C/C=C\C/C=C\CCCCCCCCC(=O)NC(COP(=O)(O)OCC[N+](C)(C)C)C(O)/C=C/CCCCCCCCCCCCCCCCCCCC. The number of aliphatic hydroxyl groups is 1. The molecule has 0 heterocycles. The van der Waals surface area contributed by atoms with E-state index in [4.69, 9.17) is 9.05 Å². The van der Waals surface area contributed by atoms with Crippen LogP contribution in [0.25, 0.3) is 0 Å². The van der Waals surface area contributed by atoms with E-state index in [1.165, 1.54) is 116 Å². The number of phosphoric acid groups is 1. The monoisotopic (exact) mass is 958 g/mol. The number of likely N-dealkylation sites (N-methyl/N-ethyl adjacent to an activating group) is 1. The van der Waals surface area contributed by atoms with Crippen LogP contribution in [0, 0.1) is 0 Å². The van der Waals surface area contributed by atoms with Gasteiger partial charge in [0.1, 0.15) is 13.2 Å². The number of hydrogen-bond acceptors (Lipinski definition) is 5. The number of amides is 1. The van der Waals surface area contributed by atoms with Gasteiger partial charge in [0.05, 0.1) is 39.9 Å². The van der Waals surface area contributed by atoms with Crippen molar-refractivity contribution in [2.75, 3.05) is 40.9 Å². The second-order valence-electron chi connectivity index (χ2n) is 19.6. The van der Waals surface area contributed by atoms with Crippen molar-refractivity contribution in [3.8, 4) is 0 Å². The summed E-state index contributed by atoms with van der Waals surface area (Å²) in [7, 11) is 1.55. The number of aliphatic hydroxyl groups excluding tert-OH is 1. The highest BCUT2D eigenvalue weighted by atomic mass is 31.2. The third-order valence-electron chi connectivity index (χ3n) is 11.9. The van der Waals surface area contributed by atoms with Gasteiger partial charge < -0.3 is 19.8 Å². The summed E-state index contributed by atoms with van der Waals surface area (Å²) in [5.41, 5.74) is 0. The predicted molar refractivity (Wildman–Crippen MR) is 290 cm³/mol. The molecule has 0 aromatic heterocycles. The molecule has 0 rings (SSSR count). The number of carbonyl (C=O) groups is 1. The van der Waals surface area contributed by atoms with Crippen molar-refractivity contribution in [1.82, 2.24) is 5.32 Å². The highest BCUT2D eigenvalue weighted by Crippen LogP contribution is 2.43. The Morgan fingerprint density at radius 3 is 1.31 bits per heavy atom. The molecule has 1 amide bonds. The van der Waals surface area contributed by atoms with Crippen LogP contribution in [-0.4, -0.2) is 73.4 Å². The molecule has 0 aliphatic carbocycles. The number of nitrogens with one attached hydrogen (secondary N) is 1. The van der Waals surface area contributed by atoms with Crippen molar-refractivity contribution in [2.45, 2.75) is 238 Å². The fourth-order valence-electron chi connectivity index (χ4n) is 7.57.